The number of carboxylic acid groups (broad SMARTS) is 1. The zero-order valence-corrected chi connectivity index (χ0v) is 10.0. The van der Waals surface area contributed by atoms with Crippen LogP contribution in [0.25, 0.3) is 6.08 Å². The molecule has 0 saturated carbocycles. The first-order valence-electron chi connectivity index (χ1n) is 5.48. The van der Waals surface area contributed by atoms with Crippen molar-refractivity contribution in [2.75, 3.05) is 0 Å². The Morgan fingerprint density at radius 1 is 1.50 bits per heavy atom. The highest BCUT2D eigenvalue weighted by atomic mass is 16.4. The third kappa shape index (κ3) is 2.95. The number of hydrogen-bond acceptors (Lipinski definition) is 2. The molecule has 0 aliphatic heterocycles. The summed E-state index contributed by atoms with van der Waals surface area (Å²) >= 11 is 0. The Labute approximate surface area is 95.6 Å². The molecule has 0 unspecified atom stereocenters. The molecule has 1 heterocycles. The van der Waals surface area contributed by atoms with Gasteiger partial charge in [0.2, 0.25) is 0 Å². The highest BCUT2D eigenvalue weighted by Crippen LogP contribution is 2.15. The largest absolute Gasteiger partial charge is 0.480 e. The van der Waals surface area contributed by atoms with Gasteiger partial charge in [0.05, 0.1) is 5.69 Å². The molecule has 0 saturated heterocycles. The van der Waals surface area contributed by atoms with E-state index in [1.807, 2.05) is 19.9 Å². The van der Waals surface area contributed by atoms with Gasteiger partial charge < -0.3 is 5.11 Å². The minimum atomic E-state index is -0.866. The number of aliphatic carboxylic acids is 1. The van der Waals surface area contributed by atoms with Gasteiger partial charge in [0.25, 0.3) is 0 Å². The van der Waals surface area contributed by atoms with E-state index in [1.165, 1.54) is 4.68 Å². The minimum Gasteiger partial charge on any atom is -0.480 e. The molecule has 1 rings (SSSR count). The molecule has 0 aromatic carbocycles. The number of carboxylic acids is 1. The molecule has 88 valence electrons. The average molecular weight is 222 g/mol. The average Bonchev–Trinajstić information content (AvgIpc) is 2.45. The lowest BCUT2D eigenvalue weighted by Crippen LogP contribution is -2.11. The van der Waals surface area contributed by atoms with E-state index in [0.29, 0.717) is 0 Å². The Bertz CT molecular complexity index is 405. The molecule has 0 aliphatic carbocycles. The van der Waals surface area contributed by atoms with Crippen LogP contribution in [0.4, 0.5) is 0 Å². The zero-order chi connectivity index (χ0) is 12.1. The van der Waals surface area contributed by atoms with Crippen molar-refractivity contribution in [1.82, 2.24) is 9.78 Å². The maximum absolute atomic E-state index is 10.6. The van der Waals surface area contributed by atoms with Crippen molar-refractivity contribution in [2.24, 2.45) is 0 Å². The fourth-order valence-corrected chi connectivity index (χ4v) is 1.60. The molecule has 0 aliphatic rings. The van der Waals surface area contributed by atoms with Crippen LogP contribution in [0.3, 0.4) is 0 Å². The first-order chi connectivity index (χ1) is 7.56. The first kappa shape index (κ1) is 12.5. The lowest BCUT2D eigenvalue weighted by molar-refractivity contribution is -0.137. The van der Waals surface area contributed by atoms with E-state index in [9.17, 15) is 4.79 Å². The molecular weight excluding hydrogens is 204 g/mol. The molecule has 0 amide bonds. The minimum absolute atomic E-state index is 0.0751. The van der Waals surface area contributed by atoms with E-state index >= 15 is 0 Å². The van der Waals surface area contributed by atoms with Gasteiger partial charge in [0, 0.05) is 11.3 Å². The Hall–Kier alpha value is -1.58. The smallest absolute Gasteiger partial charge is 0.325 e. The third-order valence-electron chi connectivity index (χ3n) is 2.46. The maximum atomic E-state index is 10.6. The fraction of sp³-hybridized carbons (Fsp3) is 0.500. The summed E-state index contributed by atoms with van der Waals surface area (Å²) in [5, 5.41) is 12.9. The topological polar surface area (TPSA) is 55.1 Å². The quantitative estimate of drug-likeness (QED) is 0.832. The molecule has 0 fully saturated rings. The summed E-state index contributed by atoms with van der Waals surface area (Å²) in [7, 11) is 0. The molecule has 16 heavy (non-hydrogen) atoms. The molecule has 1 aromatic rings. The van der Waals surface area contributed by atoms with Crippen molar-refractivity contribution in [3.8, 4) is 0 Å². The number of aryl methyl sites for hydroxylation is 1. The van der Waals surface area contributed by atoms with Gasteiger partial charge >= 0.3 is 5.97 Å². The monoisotopic (exact) mass is 222 g/mol. The Morgan fingerprint density at radius 2 is 2.19 bits per heavy atom. The van der Waals surface area contributed by atoms with Crippen molar-refractivity contribution in [3.05, 3.63) is 23.0 Å². The lowest BCUT2D eigenvalue weighted by Gasteiger charge is -1.99. The van der Waals surface area contributed by atoms with Gasteiger partial charge in [-0.05, 0) is 20.3 Å². The number of carbonyl (C=O) groups is 1. The van der Waals surface area contributed by atoms with Gasteiger partial charge in [-0.1, -0.05) is 25.5 Å². The summed E-state index contributed by atoms with van der Waals surface area (Å²) in [4.78, 5) is 10.6. The van der Waals surface area contributed by atoms with Crippen molar-refractivity contribution < 1.29 is 9.90 Å². The van der Waals surface area contributed by atoms with E-state index in [0.717, 1.165) is 29.8 Å². The van der Waals surface area contributed by atoms with Gasteiger partial charge in [0.1, 0.15) is 6.54 Å². The van der Waals surface area contributed by atoms with Crippen LogP contribution in [0.1, 0.15) is 36.7 Å². The second-order valence-corrected chi connectivity index (χ2v) is 3.83. The van der Waals surface area contributed by atoms with Crippen LogP contribution in [0.2, 0.25) is 0 Å². The Kier molecular flexibility index (Phi) is 4.28. The van der Waals surface area contributed by atoms with Crippen LogP contribution in [0, 0.1) is 13.8 Å². The van der Waals surface area contributed by atoms with E-state index in [-0.39, 0.29) is 6.54 Å². The van der Waals surface area contributed by atoms with Crippen LogP contribution in [-0.4, -0.2) is 20.9 Å². The predicted octanol–water partition coefficient (Wildman–Crippen LogP) is 2.40. The third-order valence-corrected chi connectivity index (χ3v) is 2.46. The van der Waals surface area contributed by atoms with E-state index in [4.69, 9.17) is 5.11 Å². The highest BCUT2D eigenvalue weighted by molar-refractivity contribution is 5.67. The maximum Gasteiger partial charge on any atom is 0.325 e. The fourth-order valence-electron chi connectivity index (χ4n) is 1.60. The van der Waals surface area contributed by atoms with E-state index < -0.39 is 5.97 Å². The van der Waals surface area contributed by atoms with Crippen LogP contribution >= 0.6 is 0 Å². The summed E-state index contributed by atoms with van der Waals surface area (Å²) in [6, 6.07) is 0. The van der Waals surface area contributed by atoms with E-state index in [1.54, 1.807) is 0 Å². The zero-order valence-electron chi connectivity index (χ0n) is 10.0. The summed E-state index contributed by atoms with van der Waals surface area (Å²) in [5.41, 5.74) is 2.83. The number of rotatable bonds is 5. The molecular formula is C12H18N2O2. The normalized spacial score (nSPS) is 11.2. The Balaban J connectivity index is 2.93. The summed E-state index contributed by atoms with van der Waals surface area (Å²) < 4.78 is 1.53. The van der Waals surface area contributed by atoms with Gasteiger partial charge in [-0.2, -0.15) is 5.10 Å². The second-order valence-electron chi connectivity index (χ2n) is 3.83. The summed E-state index contributed by atoms with van der Waals surface area (Å²) in [6.45, 7) is 5.84. The standard InChI is InChI=1S/C12H18N2O2/c1-4-5-6-7-11-9(2)13-14(10(11)3)8-12(15)16/h6-7H,4-5,8H2,1-3H3,(H,15,16)/b7-6+. The molecule has 0 radical (unpaired) electrons. The Morgan fingerprint density at radius 3 is 2.75 bits per heavy atom. The first-order valence-corrected chi connectivity index (χ1v) is 5.48. The van der Waals surface area contributed by atoms with Crippen LogP contribution in [0.15, 0.2) is 6.08 Å². The number of unbranched alkanes of at least 4 members (excludes halogenated alkanes) is 1. The number of aromatic nitrogens is 2. The number of hydrogen-bond donors (Lipinski definition) is 1. The van der Waals surface area contributed by atoms with Gasteiger partial charge in [0.15, 0.2) is 0 Å². The van der Waals surface area contributed by atoms with Crippen LogP contribution in [-0.2, 0) is 11.3 Å². The SMILES string of the molecule is CCC/C=C/c1c(C)nn(CC(=O)O)c1C. The molecule has 0 atom stereocenters. The van der Waals surface area contributed by atoms with Crippen molar-refractivity contribution >= 4 is 12.0 Å². The molecule has 4 heteroatoms. The molecule has 0 spiro atoms. The van der Waals surface area contributed by atoms with Crippen molar-refractivity contribution in [2.45, 2.75) is 40.2 Å². The molecule has 1 aromatic heterocycles. The predicted molar refractivity (Wildman–Crippen MR) is 63.3 cm³/mol. The van der Waals surface area contributed by atoms with Crippen molar-refractivity contribution in [1.29, 1.82) is 0 Å². The summed E-state index contributed by atoms with van der Waals surface area (Å²) in [5.74, 6) is -0.866. The van der Waals surface area contributed by atoms with Gasteiger partial charge in [-0.15, -0.1) is 0 Å². The summed E-state index contributed by atoms with van der Waals surface area (Å²) in [6.07, 6.45) is 6.27. The molecule has 4 nitrogen and oxygen atoms in total. The number of allylic oxidation sites excluding steroid dienone is 1. The highest BCUT2D eigenvalue weighted by Gasteiger charge is 2.10. The van der Waals surface area contributed by atoms with E-state index in [2.05, 4.69) is 18.1 Å². The molecule has 1 N–H and O–H groups in total. The molecule has 0 bridgehead atoms. The number of nitrogens with zero attached hydrogens (tertiary/aromatic N) is 2. The van der Waals surface area contributed by atoms with Crippen LogP contribution < -0.4 is 0 Å². The van der Waals surface area contributed by atoms with Gasteiger partial charge in [-0.3, -0.25) is 9.48 Å². The van der Waals surface area contributed by atoms with Crippen molar-refractivity contribution in [3.63, 3.8) is 0 Å². The van der Waals surface area contributed by atoms with Gasteiger partial charge in [-0.25, -0.2) is 0 Å². The lowest BCUT2D eigenvalue weighted by atomic mass is 10.1. The van der Waals surface area contributed by atoms with Crippen LogP contribution in [0.5, 0.6) is 0 Å². The second kappa shape index (κ2) is 5.49.